The van der Waals surface area contributed by atoms with Crippen molar-refractivity contribution in [2.24, 2.45) is 5.92 Å². The summed E-state index contributed by atoms with van der Waals surface area (Å²) in [5, 5.41) is 23.0. The lowest BCUT2D eigenvalue weighted by Gasteiger charge is -2.41. The zero-order valence-corrected chi connectivity index (χ0v) is 20.8. The first-order valence-electron chi connectivity index (χ1n) is 11.0. The van der Waals surface area contributed by atoms with E-state index in [0.717, 1.165) is 3.57 Å². The second-order valence-electron chi connectivity index (χ2n) is 8.03. The van der Waals surface area contributed by atoms with Gasteiger partial charge in [0, 0.05) is 38.8 Å². The fraction of sp³-hybridized carbons (Fsp3) is 0.565. The minimum atomic E-state index is -1.06. The lowest BCUT2D eigenvalue weighted by atomic mass is 9.87. The highest BCUT2D eigenvalue weighted by Crippen LogP contribution is 2.31. The number of hydrogen-bond donors (Lipinski definition) is 3. The van der Waals surface area contributed by atoms with Crippen LogP contribution in [0.1, 0.15) is 12.8 Å². The van der Waals surface area contributed by atoms with Gasteiger partial charge in [0.2, 0.25) is 11.8 Å². The van der Waals surface area contributed by atoms with Crippen molar-refractivity contribution in [3.8, 4) is 5.75 Å². The molecule has 182 valence electrons. The van der Waals surface area contributed by atoms with Gasteiger partial charge < -0.3 is 34.6 Å². The number of carbonyl (C=O) groups excluding carboxylic acids is 2. The lowest BCUT2D eigenvalue weighted by Crippen LogP contribution is -2.57. The van der Waals surface area contributed by atoms with Crippen LogP contribution in [0.25, 0.3) is 0 Å². The molecule has 0 saturated carbocycles. The molecule has 0 spiro atoms. The van der Waals surface area contributed by atoms with Crippen molar-refractivity contribution in [3.05, 3.63) is 39.5 Å². The van der Waals surface area contributed by atoms with Crippen LogP contribution in [0.4, 0.5) is 0 Å². The van der Waals surface area contributed by atoms with Crippen molar-refractivity contribution in [2.75, 3.05) is 46.6 Å². The Labute approximate surface area is 207 Å². The third-order valence-electron chi connectivity index (χ3n) is 5.81. The van der Waals surface area contributed by atoms with Crippen molar-refractivity contribution in [1.82, 2.24) is 10.2 Å². The SMILES string of the molecule is COCCN(C(=O)C1CCOC1)[C@@H]1CC(C(=O)NCCO)=C[C@H](Oc2ccccc2I)[C@H]1O. The summed E-state index contributed by atoms with van der Waals surface area (Å²) in [5.74, 6) is -0.200. The number of carbonyl (C=O) groups is 2. The Bertz CT molecular complexity index is 844. The first-order valence-corrected chi connectivity index (χ1v) is 12.1. The first kappa shape index (κ1) is 25.9. The molecule has 1 fully saturated rings. The standard InChI is InChI=1S/C23H31IN2O7/c1-31-11-8-26(23(30)15-6-10-32-14-15)18-12-16(22(29)25-7-9-27)13-20(21(18)28)33-19-5-3-2-4-17(19)24/h2-5,13,15,18,20-21,27-28H,6-12,14H2,1H3,(H,25,29)/t15?,18-,20+,21+/m1/s1. The molecular weight excluding hydrogens is 543 g/mol. The number of rotatable bonds is 10. The third-order valence-corrected chi connectivity index (χ3v) is 6.70. The van der Waals surface area contributed by atoms with E-state index in [1.165, 1.54) is 0 Å². The normalized spacial score (nSPS) is 24.8. The van der Waals surface area contributed by atoms with Gasteiger partial charge in [0.25, 0.3) is 0 Å². The summed E-state index contributed by atoms with van der Waals surface area (Å²) in [5.41, 5.74) is 0.396. The second-order valence-corrected chi connectivity index (χ2v) is 9.19. The van der Waals surface area contributed by atoms with Crippen LogP contribution in [-0.4, -0.2) is 91.8 Å². The zero-order valence-electron chi connectivity index (χ0n) is 18.6. The molecule has 0 radical (unpaired) electrons. The molecule has 1 heterocycles. The molecule has 0 bridgehead atoms. The maximum atomic E-state index is 13.3. The van der Waals surface area contributed by atoms with Gasteiger partial charge in [0.15, 0.2) is 0 Å². The molecule has 1 aliphatic heterocycles. The van der Waals surface area contributed by atoms with Crippen LogP contribution < -0.4 is 10.1 Å². The molecule has 10 heteroatoms. The zero-order chi connectivity index (χ0) is 23.8. The Kier molecular flexibility index (Phi) is 9.93. The fourth-order valence-corrected chi connectivity index (χ4v) is 4.57. The largest absolute Gasteiger partial charge is 0.482 e. The Morgan fingerprint density at radius 2 is 2.12 bits per heavy atom. The van der Waals surface area contributed by atoms with Crippen molar-refractivity contribution in [1.29, 1.82) is 0 Å². The molecule has 1 aromatic carbocycles. The highest BCUT2D eigenvalue weighted by molar-refractivity contribution is 14.1. The molecule has 0 aromatic heterocycles. The summed E-state index contributed by atoms with van der Waals surface area (Å²) >= 11 is 2.14. The highest BCUT2D eigenvalue weighted by Gasteiger charge is 2.42. The van der Waals surface area contributed by atoms with Gasteiger partial charge >= 0.3 is 0 Å². The van der Waals surface area contributed by atoms with Crippen LogP contribution in [0.15, 0.2) is 35.9 Å². The summed E-state index contributed by atoms with van der Waals surface area (Å²) in [6, 6.07) is 6.71. The van der Waals surface area contributed by atoms with Crippen molar-refractivity contribution in [3.63, 3.8) is 0 Å². The summed E-state index contributed by atoms with van der Waals surface area (Å²) in [4.78, 5) is 27.7. The molecule has 3 N–H and O–H groups in total. The van der Waals surface area contributed by atoms with Crippen molar-refractivity contribution in [2.45, 2.75) is 31.1 Å². The minimum Gasteiger partial charge on any atom is -0.482 e. The predicted molar refractivity (Wildman–Crippen MR) is 129 cm³/mol. The fourth-order valence-electron chi connectivity index (χ4n) is 4.06. The molecular formula is C23H31IN2O7. The van der Waals surface area contributed by atoms with E-state index in [1.54, 1.807) is 24.2 Å². The molecule has 1 aromatic rings. The van der Waals surface area contributed by atoms with E-state index < -0.39 is 18.2 Å². The van der Waals surface area contributed by atoms with Gasteiger partial charge in [0.1, 0.15) is 18.0 Å². The number of benzene rings is 1. The molecule has 2 aliphatic rings. The van der Waals surface area contributed by atoms with Crippen LogP contribution in [-0.2, 0) is 19.1 Å². The number of aliphatic hydroxyl groups is 2. The van der Waals surface area contributed by atoms with Gasteiger partial charge in [-0.15, -0.1) is 0 Å². The molecule has 1 saturated heterocycles. The van der Waals surface area contributed by atoms with Gasteiger partial charge in [-0.05, 0) is 47.2 Å². The van der Waals surface area contributed by atoms with E-state index >= 15 is 0 Å². The predicted octanol–water partition coefficient (Wildman–Crippen LogP) is 0.718. The topological polar surface area (TPSA) is 118 Å². The summed E-state index contributed by atoms with van der Waals surface area (Å²) in [7, 11) is 1.55. The van der Waals surface area contributed by atoms with Crippen LogP contribution in [0.2, 0.25) is 0 Å². The van der Waals surface area contributed by atoms with Crippen LogP contribution in [0.3, 0.4) is 0 Å². The number of hydrogen-bond acceptors (Lipinski definition) is 7. The van der Waals surface area contributed by atoms with E-state index in [2.05, 4.69) is 27.9 Å². The Morgan fingerprint density at radius 3 is 2.79 bits per heavy atom. The molecule has 33 heavy (non-hydrogen) atoms. The molecule has 1 aliphatic carbocycles. The average Bonchev–Trinajstić information content (AvgIpc) is 3.36. The number of nitrogens with zero attached hydrogens (tertiary/aromatic N) is 1. The van der Waals surface area contributed by atoms with Gasteiger partial charge in [0.05, 0.1) is 35.4 Å². The number of para-hydroxylation sites is 1. The van der Waals surface area contributed by atoms with E-state index in [1.807, 2.05) is 18.2 Å². The summed E-state index contributed by atoms with van der Waals surface area (Å²) < 4.78 is 17.6. The Balaban J connectivity index is 1.91. The highest BCUT2D eigenvalue weighted by atomic mass is 127. The van der Waals surface area contributed by atoms with Crippen LogP contribution in [0.5, 0.6) is 5.75 Å². The summed E-state index contributed by atoms with van der Waals surface area (Å²) in [6.45, 7) is 1.35. The molecule has 1 unspecified atom stereocenters. The quantitative estimate of drug-likeness (QED) is 0.353. The van der Waals surface area contributed by atoms with Crippen molar-refractivity contribution >= 4 is 34.4 Å². The van der Waals surface area contributed by atoms with Crippen LogP contribution in [0, 0.1) is 9.49 Å². The smallest absolute Gasteiger partial charge is 0.247 e. The first-order chi connectivity index (χ1) is 16.0. The molecule has 9 nitrogen and oxygen atoms in total. The van der Waals surface area contributed by atoms with E-state index in [0.29, 0.717) is 37.6 Å². The maximum absolute atomic E-state index is 13.3. The van der Waals surface area contributed by atoms with E-state index in [-0.39, 0.29) is 43.8 Å². The average molecular weight is 574 g/mol. The monoisotopic (exact) mass is 574 g/mol. The number of halogens is 1. The minimum absolute atomic E-state index is 0.108. The van der Waals surface area contributed by atoms with Crippen LogP contribution >= 0.6 is 22.6 Å². The molecule has 3 rings (SSSR count). The Morgan fingerprint density at radius 1 is 1.33 bits per heavy atom. The summed E-state index contributed by atoms with van der Waals surface area (Å²) in [6.07, 6.45) is 0.486. The maximum Gasteiger partial charge on any atom is 0.247 e. The number of nitrogens with one attached hydrogen (secondary N) is 1. The number of aliphatic hydroxyl groups excluding tert-OH is 2. The third kappa shape index (κ3) is 6.66. The van der Waals surface area contributed by atoms with Gasteiger partial charge in [-0.3, -0.25) is 9.59 Å². The number of ether oxygens (including phenoxy) is 3. The second kappa shape index (κ2) is 12.7. The van der Waals surface area contributed by atoms with E-state index in [9.17, 15) is 14.7 Å². The number of amides is 2. The molecule has 4 atom stereocenters. The van der Waals surface area contributed by atoms with E-state index in [4.69, 9.17) is 19.3 Å². The van der Waals surface area contributed by atoms with Gasteiger partial charge in [-0.1, -0.05) is 12.1 Å². The lowest BCUT2D eigenvalue weighted by molar-refractivity contribution is -0.143. The molecule has 2 amide bonds. The number of methoxy groups -OCH3 is 1. The van der Waals surface area contributed by atoms with Gasteiger partial charge in [-0.2, -0.15) is 0 Å². The van der Waals surface area contributed by atoms with Crippen molar-refractivity contribution < 1.29 is 34.0 Å². The Hall–Kier alpha value is -1.73. The van der Waals surface area contributed by atoms with Gasteiger partial charge in [-0.25, -0.2) is 0 Å².